The molecule has 0 fully saturated rings. The SMILES string of the molecule is CC(Cc1ccccn1)(C1=N[C@@H](c2ccccc2)CO1)C1=N[C@@H](c2ccccc2)CO1. The van der Waals surface area contributed by atoms with Gasteiger partial charge in [0.05, 0.1) is 0 Å². The fourth-order valence-corrected chi connectivity index (χ4v) is 4.15. The van der Waals surface area contributed by atoms with Crippen molar-refractivity contribution in [1.29, 1.82) is 0 Å². The minimum absolute atomic E-state index is 0.0221. The molecule has 0 spiro atoms. The Bertz CT molecular complexity index is 1020. The summed E-state index contributed by atoms with van der Waals surface area (Å²) in [6.07, 6.45) is 2.42. The highest BCUT2D eigenvalue weighted by molar-refractivity contribution is 6.06. The average molecular weight is 412 g/mol. The lowest BCUT2D eigenvalue weighted by Gasteiger charge is -2.27. The molecule has 5 heteroatoms. The third kappa shape index (κ3) is 3.96. The van der Waals surface area contributed by atoms with Crippen molar-refractivity contribution in [3.05, 3.63) is 102 Å². The lowest BCUT2D eigenvalue weighted by molar-refractivity contribution is 0.257. The number of hydrogen-bond acceptors (Lipinski definition) is 5. The Labute approximate surface area is 182 Å². The van der Waals surface area contributed by atoms with Crippen LogP contribution in [0.5, 0.6) is 0 Å². The highest BCUT2D eigenvalue weighted by Crippen LogP contribution is 2.37. The van der Waals surface area contributed by atoms with E-state index in [1.807, 2.05) is 60.8 Å². The predicted octanol–water partition coefficient (Wildman–Crippen LogP) is 4.97. The van der Waals surface area contributed by atoms with Crippen LogP contribution in [0.15, 0.2) is 95.0 Å². The van der Waals surface area contributed by atoms with Crippen LogP contribution in [0.2, 0.25) is 0 Å². The monoisotopic (exact) mass is 411 g/mol. The number of ether oxygens (including phenoxy) is 2. The van der Waals surface area contributed by atoms with Gasteiger partial charge in [-0.15, -0.1) is 0 Å². The maximum atomic E-state index is 6.17. The Morgan fingerprint density at radius 3 is 1.74 bits per heavy atom. The molecule has 0 unspecified atom stereocenters. The van der Waals surface area contributed by atoms with Crippen LogP contribution < -0.4 is 0 Å². The summed E-state index contributed by atoms with van der Waals surface area (Å²) in [7, 11) is 0. The number of rotatable bonds is 6. The van der Waals surface area contributed by atoms with Crippen molar-refractivity contribution in [3.63, 3.8) is 0 Å². The van der Waals surface area contributed by atoms with Crippen molar-refractivity contribution in [2.75, 3.05) is 13.2 Å². The fourth-order valence-electron chi connectivity index (χ4n) is 4.15. The lowest BCUT2D eigenvalue weighted by atomic mass is 9.84. The fraction of sp³-hybridized carbons (Fsp3) is 0.269. The van der Waals surface area contributed by atoms with Gasteiger partial charge in [0.1, 0.15) is 30.7 Å². The van der Waals surface area contributed by atoms with Gasteiger partial charge < -0.3 is 9.47 Å². The van der Waals surface area contributed by atoms with Crippen LogP contribution in [0, 0.1) is 5.41 Å². The van der Waals surface area contributed by atoms with E-state index in [1.54, 1.807) is 0 Å². The zero-order chi connectivity index (χ0) is 21.1. The van der Waals surface area contributed by atoms with Crippen molar-refractivity contribution >= 4 is 11.8 Å². The van der Waals surface area contributed by atoms with Gasteiger partial charge in [-0.25, -0.2) is 9.98 Å². The Morgan fingerprint density at radius 2 is 1.26 bits per heavy atom. The zero-order valence-electron chi connectivity index (χ0n) is 17.5. The van der Waals surface area contributed by atoms with Gasteiger partial charge in [0, 0.05) is 18.3 Å². The normalized spacial score (nSPS) is 20.5. The quantitative estimate of drug-likeness (QED) is 0.575. The second-order valence-corrected chi connectivity index (χ2v) is 8.17. The van der Waals surface area contributed by atoms with Gasteiger partial charge >= 0.3 is 0 Å². The summed E-state index contributed by atoms with van der Waals surface area (Å²) in [4.78, 5) is 14.5. The summed E-state index contributed by atoms with van der Waals surface area (Å²) in [5.41, 5.74) is 2.62. The van der Waals surface area contributed by atoms with Gasteiger partial charge in [-0.1, -0.05) is 66.7 Å². The number of nitrogens with zero attached hydrogens (tertiary/aromatic N) is 3. The van der Waals surface area contributed by atoms with Crippen molar-refractivity contribution < 1.29 is 9.47 Å². The second-order valence-electron chi connectivity index (χ2n) is 8.17. The van der Waals surface area contributed by atoms with Crippen molar-refractivity contribution in [1.82, 2.24) is 4.98 Å². The van der Waals surface area contributed by atoms with E-state index >= 15 is 0 Å². The van der Waals surface area contributed by atoms with Gasteiger partial charge in [-0.2, -0.15) is 0 Å². The van der Waals surface area contributed by atoms with Gasteiger partial charge in [-0.3, -0.25) is 4.98 Å². The smallest absolute Gasteiger partial charge is 0.200 e. The molecule has 0 bridgehead atoms. The third-order valence-electron chi connectivity index (χ3n) is 5.88. The molecule has 31 heavy (non-hydrogen) atoms. The highest BCUT2D eigenvalue weighted by atomic mass is 16.5. The molecule has 0 saturated carbocycles. The molecule has 2 atom stereocenters. The first kappa shape index (κ1) is 19.5. The van der Waals surface area contributed by atoms with Crippen molar-refractivity contribution in [2.24, 2.45) is 15.4 Å². The van der Waals surface area contributed by atoms with Crippen LogP contribution >= 0.6 is 0 Å². The van der Waals surface area contributed by atoms with E-state index in [0.717, 1.165) is 16.8 Å². The molecule has 156 valence electrons. The molecule has 0 aliphatic carbocycles. The minimum Gasteiger partial charge on any atom is -0.478 e. The largest absolute Gasteiger partial charge is 0.478 e. The molecule has 2 aliphatic rings. The number of benzene rings is 2. The molecular formula is C26H25N3O2. The molecular weight excluding hydrogens is 386 g/mol. The predicted molar refractivity (Wildman–Crippen MR) is 121 cm³/mol. The number of aliphatic imine (C=N–C) groups is 2. The number of aromatic nitrogens is 1. The maximum Gasteiger partial charge on any atom is 0.200 e. The molecule has 0 amide bonds. The van der Waals surface area contributed by atoms with E-state index in [0.29, 0.717) is 31.4 Å². The Morgan fingerprint density at radius 1 is 0.742 bits per heavy atom. The zero-order valence-corrected chi connectivity index (χ0v) is 17.5. The number of pyridine rings is 1. The molecule has 5 rings (SSSR count). The van der Waals surface area contributed by atoms with Gasteiger partial charge in [0.25, 0.3) is 0 Å². The molecule has 5 nitrogen and oxygen atoms in total. The molecule has 2 aromatic carbocycles. The first-order valence-electron chi connectivity index (χ1n) is 10.6. The molecule has 2 aliphatic heterocycles. The summed E-state index contributed by atoms with van der Waals surface area (Å²) in [6.45, 7) is 3.14. The maximum absolute atomic E-state index is 6.17. The van der Waals surface area contributed by atoms with Crippen LogP contribution in [-0.4, -0.2) is 30.0 Å². The lowest BCUT2D eigenvalue weighted by Crippen LogP contribution is -2.39. The summed E-state index contributed by atoms with van der Waals surface area (Å²) in [5.74, 6) is 1.33. The Hall–Kier alpha value is -3.47. The summed E-state index contributed by atoms with van der Waals surface area (Å²) in [6, 6.07) is 26.4. The van der Waals surface area contributed by atoms with Gasteiger partial charge in [0.2, 0.25) is 0 Å². The minimum atomic E-state index is -0.624. The van der Waals surface area contributed by atoms with Crippen molar-refractivity contribution in [2.45, 2.75) is 25.4 Å². The topological polar surface area (TPSA) is 56.1 Å². The second kappa shape index (κ2) is 8.34. The highest BCUT2D eigenvalue weighted by Gasteiger charge is 2.45. The molecule has 1 aromatic heterocycles. The average Bonchev–Trinajstić information content (AvgIpc) is 3.52. The van der Waals surface area contributed by atoms with E-state index in [-0.39, 0.29) is 12.1 Å². The summed E-state index contributed by atoms with van der Waals surface area (Å²) >= 11 is 0. The number of hydrogen-bond donors (Lipinski definition) is 0. The molecule has 3 heterocycles. The van der Waals surface area contributed by atoms with Crippen LogP contribution in [0.25, 0.3) is 0 Å². The first-order chi connectivity index (χ1) is 15.2. The third-order valence-corrected chi connectivity index (χ3v) is 5.88. The van der Waals surface area contributed by atoms with Crippen LogP contribution in [0.1, 0.15) is 35.8 Å². The molecule has 0 N–H and O–H groups in total. The standard InChI is InChI=1S/C26H25N3O2/c1-26(16-21-14-8-9-15-27-21,24-28-22(17-30-24)19-10-4-2-5-11-19)25-29-23(18-31-25)20-12-6-3-7-13-20/h2-15,22-23H,16-18H2,1H3/t22-,23-/m1/s1. The van der Waals surface area contributed by atoms with Crippen LogP contribution in [-0.2, 0) is 15.9 Å². The van der Waals surface area contributed by atoms with Gasteiger partial charge in [-0.05, 0) is 30.2 Å². The van der Waals surface area contributed by atoms with E-state index in [9.17, 15) is 0 Å². The first-order valence-corrected chi connectivity index (χ1v) is 10.6. The summed E-state index contributed by atoms with van der Waals surface area (Å²) in [5, 5.41) is 0. The van der Waals surface area contributed by atoms with Crippen LogP contribution in [0.3, 0.4) is 0 Å². The van der Waals surface area contributed by atoms with E-state index in [4.69, 9.17) is 19.5 Å². The van der Waals surface area contributed by atoms with Gasteiger partial charge in [0.15, 0.2) is 11.8 Å². The van der Waals surface area contributed by atoms with Crippen molar-refractivity contribution in [3.8, 4) is 0 Å². The Kier molecular flexibility index (Phi) is 5.24. The van der Waals surface area contributed by atoms with E-state index < -0.39 is 5.41 Å². The van der Waals surface area contributed by atoms with Crippen LogP contribution in [0.4, 0.5) is 0 Å². The molecule has 0 radical (unpaired) electrons. The summed E-state index contributed by atoms with van der Waals surface area (Å²) < 4.78 is 12.3. The van der Waals surface area contributed by atoms with E-state index in [1.165, 1.54) is 0 Å². The Balaban J connectivity index is 1.50. The van der Waals surface area contributed by atoms with E-state index in [2.05, 4.69) is 36.2 Å². The molecule has 3 aromatic rings. The molecule has 0 saturated heterocycles.